The number of amides is 2. The highest BCUT2D eigenvalue weighted by Crippen LogP contribution is 2.44. The summed E-state index contributed by atoms with van der Waals surface area (Å²) in [5.74, 6) is -1.66. The Hall–Kier alpha value is -3.56. The zero-order valence-electron chi connectivity index (χ0n) is 18.5. The molecule has 12 heteroatoms. The van der Waals surface area contributed by atoms with Crippen molar-refractivity contribution < 1.29 is 18.0 Å². The van der Waals surface area contributed by atoms with Crippen LogP contribution >= 0.6 is 15.9 Å². The van der Waals surface area contributed by atoms with Gasteiger partial charge in [-0.05, 0) is 48.2 Å². The zero-order valence-corrected chi connectivity index (χ0v) is 20.9. The minimum atomic E-state index is -3.60. The highest BCUT2D eigenvalue weighted by molar-refractivity contribution is 9.10. The maximum atomic E-state index is 13.4. The van der Waals surface area contributed by atoms with Crippen molar-refractivity contribution in [2.45, 2.75) is 24.8 Å². The molecule has 0 saturated carbocycles. The maximum absolute atomic E-state index is 13.4. The molecular formula is C23H19BrN6O4S. The van der Waals surface area contributed by atoms with Gasteiger partial charge >= 0.3 is 0 Å². The number of fused-ring (bicyclic) bond motifs is 3. The standard InChI is InChI=1S/C23H19BrN6O4S/c1-35(33,34)12-19(31)27-21-20-17(29-30(21)18-5-2-13(10-25)11-26-18)9-23(28-22(20)32)7-6-14-8-15(24)3-4-16(14)23/h2-5,8,11H,6-7,9,12H2,1H3,(H,27,31)(H,28,32)/t23-/m0/s1. The van der Waals surface area contributed by atoms with E-state index in [1.807, 2.05) is 24.3 Å². The molecule has 1 aliphatic carbocycles. The molecule has 3 aromatic rings. The van der Waals surface area contributed by atoms with Crippen molar-refractivity contribution >= 4 is 43.4 Å². The highest BCUT2D eigenvalue weighted by Gasteiger charge is 2.46. The van der Waals surface area contributed by atoms with Gasteiger partial charge in [0.15, 0.2) is 21.5 Å². The first-order valence-electron chi connectivity index (χ1n) is 10.7. The summed E-state index contributed by atoms with van der Waals surface area (Å²) in [5.41, 5.74) is 2.48. The van der Waals surface area contributed by atoms with Gasteiger partial charge in [0, 0.05) is 23.3 Å². The quantitative estimate of drug-likeness (QED) is 0.501. The molecule has 1 aromatic carbocycles. The van der Waals surface area contributed by atoms with Crippen LogP contribution in [0.3, 0.4) is 0 Å². The molecule has 178 valence electrons. The van der Waals surface area contributed by atoms with Gasteiger partial charge in [-0.3, -0.25) is 9.59 Å². The molecule has 0 bridgehead atoms. The van der Waals surface area contributed by atoms with Gasteiger partial charge in [0.2, 0.25) is 5.91 Å². The number of nitrogens with one attached hydrogen (secondary N) is 2. The molecule has 0 saturated heterocycles. The number of nitriles is 1. The van der Waals surface area contributed by atoms with Gasteiger partial charge in [-0.1, -0.05) is 22.0 Å². The number of rotatable bonds is 4. The van der Waals surface area contributed by atoms with Gasteiger partial charge in [0.05, 0.1) is 16.8 Å². The Kier molecular flexibility index (Phi) is 5.49. The molecule has 3 heterocycles. The summed E-state index contributed by atoms with van der Waals surface area (Å²) in [6.45, 7) is 0. The number of sulfone groups is 1. The van der Waals surface area contributed by atoms with E-state index in [2.05, 4.69) is 36.6 Å². The molecule has 0 radical (unpaired) electrons. The minimum Gasteiger partial charge on any atom is -0.342 e. The third-order valence-corrected chi connectivity index (χ3v) is 7.44. The molecule has 2 aliphatic rings. The van der Waals surface area contributed by atoms with Crippen LogP contribution < -0.4 is 10.6 Å². The van der Waals surface area contributed by atoms with Crippen LogP contribution in [0.4, 0.5) is 5.82 Å². The average molecular weight is 555 g/mol. The van der Waals surface area contributed by atoms with Crippen LogP contribution in [-0.4, -0.2) is 47.0 Å². The maximum Gasteiger partial charge on any atom is 0.257 e. The van der Waals surface area contributed by atoms with Crippen LogP contribution in [-0.2, 0) is 33.0 Å². The molecule has 0 unspecified atom stereocenters. The van der Waals surface area contributed by atoms with E-state index in [0.29, 0.717) is 24.1 Å². The Balaban J connectivity index is 1.61. The first-order valence-corrected chi connectivity index (χ1v) is 13.5. The van der Waals surface area contributed by atoms with E-state index < -0.39 is 32.9 Å². The second kappa shape index (κ2) is 8.28. The second-order valence-electron chi connectivity index (χ2n) is 8.73. The van der Waals surface area contributed by atoms with Crippen LogP contribution in [0.25, 0.3) is 5.82 Å². The molecule has 1 spiro atoms. The molecule has 1 aliphatic heterocycles. The lowest BCUT2D eigenvalue weighted by Gasteiger charge is -2.35. The molecule has 35 heavy (non-hydrogen) atoms. The Labute approximate surface area is 209 Å². The summed E-state index contributed by atoms with van der Waals surface area (Å²) in [5, 5.41) is 19.4. The highest BCUT2D eigenvalue weighted by atomic mass is 79.9. The third-order valence-electron chi connectivity index (χ3n) is 6.16. The fourth-order valence-electron chi connectivity index (χ4n) is 4.73. The molecule has 0 fully saturated rings. The lowest BCUT2D eigenvalue weighted by molar-refractivity contribution is -0.113. The van der Waals surface area contributed by atoms with E-state index in [0.717, 1.165) is 28.3 Å². The number of nitrogens with zero attached hydrogens (tertiary/aromatic N) is 4. The van der Waals surface area contributed by atoms with Gasteiger partial charge in [0.25, 0.3) is 5.91 Å². The lowest BCUT2D eigenvalue weighted by atomic mass is 9.83. The van der Waals surface area contributed by atoms with Crippen LogP contribution in [0.1, 0.15) is 39.2 Å². The number of benzene rings is 1. The summed E-state index contributed by atoms with van der Waals surface area (Å²) in [6, 6.07) is 11.0. The molecule has 1 atom stereocenters. The number of aromatic nitrogens is 3. The zero-order chi connectivity index (χ0) is 25.0. The number of carbonyl (C=O) groups is 2. The van der Waals surface area contributed by atoms with E-state index in [1.54, 1.807) is 6.07 Å². The molecule has 2 amide bonds. The summed E-state index contributed by atoms with van der Waals surface area (Å²) in [6.07, 6.45) is 4.18. The fraction of sp³-hybridized carbons (Fsp3) is 0.261. The Bertz CT molecular complexity index is 1540. The predicted octanol–water partition coefficient (Wildman–Crippen LogP) is 2.01. The van der Waals surface area contributed by atoms with Crippen molar-refractivity contribution in [3.8, 4) is 11.9 Å². The molecule has 5 rings (SSSR count). The minimum absolute atomic E-state index is 0.0345. The van der Waals surface area contributed by atoms with E-state index in [4.69, 9.17) is 5.26 Å². The number of carbonyl (C=O) groups excluding carboxylic acids is 2. The number of anilines is 1. The Morgan fingerprint density at radius 2 is 2.14 bits per heavy atom. The number of hydrogen-bond donors (Lipinski definition) is 2. The summed E-state index contributed by atoms with van der Waals surface area (Å²) >= 11 is 3.49. The van der Waals surface area contributed by atoms with Gasteiger partial charge in [-0.15, -0.1) is 0 Å². The number of hydrogen-bond acceptors (Lipinski definition) is 7. The smallest absolute Gasteiger partial charge is 0.257 e. The molecule has 10 nitrogen and oxygen atoms in total. The monoisotopic (exact) mass is 554 g/mol. The fourth-order valence-corrected chi connectivity index (χ4v) is 5.69. The third kappa shape index (κ3) is 4.21. The molecular weight excluding hydrogens is 536 g/mol. The topological polar surface area (TPSA) is 147 Å². The molecule has 2 aromatic heterocycles. The van der Waals surface area contributed by atoms with Gasteiger partial charge in [-0.2, -0.15) is 15.0 Å². The number of halogens is 1. The van der Waals surface area contributed by atoms with Crippen molar-refractivity contribution in [3.05, 3.63) is 68.9 Å². The second-order valence-corrected chi connectivity index (χ2v) is 11.8. The van der Waals surface area contributed by atoms with Gasteiger partial charge in [0.1, 0.15) is 17.4 Å². The number of pyridine rings is 1. The molecule has 2 N–H and O–H groups in total. The van der Waals surface area contributed by atoms with E-state index in [9.17, 15) is 18.0 Å². The van der Waals surface area contributed by atoms with Crippen molar-refractivity contribution in [2.75, 3.05) is 17.3 Å². The summed E-state index contributed by atoms with van der Waals surface area (Å²) in [7, 11) is -3.60. The van der Waals surface area contributed by atoms with Crippen LogP contribution in [0.5, 0.6) is 0 Å². The largest absolute Gasteiger partial charge is 0.342 e. The van der Waals surface area contributed by atoms with Crippen molar-refractivity contribution in [3.63, 3.8) is 0 Å². The first kappa shape index (κ1) is 23.2. The van der Waals surface area contributed by atoms with Crippen LogP contribution in [0, 0.1) is 11.3 Å². The van der Waals surface area contributed by atoms with E-state index in [-0.39, 0.29) is 17.2 Å². The lowest BCUT2D eigenvalue weighted by Crippen LogP contribution is -2.49. The normalized spacial score (nSPS) is 18.5. The van der Waals surface area contributed by atoms with E-state index in [1.165, 1.54) is 16.9 Å². The summed E-state index contributed by atoms with van der Waals surface area (Å²) in [4.78, 5) is 30.2. The van der Waals surface area contributed by atoms with Gasteiger partial charge in [-0.25, -0.2) is 13.4 Å². The van der Waals surface area contributed by atoms with Crippen molar-refractivity contribution in [2.24, 2.45) is 0 Å². The van der Waals surface area contributed by atoms with Crippen LogP contribution in [0.15, 0.2) is 41.0 Å². The summed E-state index contributed by atoms with van der Waals surface area (Å²) < 4.78 is 25.6. The van der Waals surface area contributed by atoms with Gasteiger partial charge < -0.3 is 10.6 Å². The van der Waals surface area contributed by atoms with E-state index >= 15 is 0 Å². The number of aryl methyl sites for hydroxylation is 1. The van der Waals surface area contributed by atoms with Crippen LogP contribution in [0.2, 0.25) is 0 Å². The van der Waals surface area contributed by atoms with Crippen molar-refractivity contribution in [1.82, 2.24) is 20.1 Å². The Morgan fingerprint density at radius 3 is 2.83 bits per heavy atom. The Morgan fingerprint density at radius 1 is 1.34 bits per heavy atom. The first-order chi connectivity index (χ1) is 16.6. The average Bonchev–Trinajstić information content (AvgIpc) is 3.31. The van der Waals surface area contributed by atoms with Crippen molar-refractivity contribution in [1.29, 1.82) is 5.26 Å². The predicted molar refractivity (Wildman–Crippen MR) is 130 cm³/mol. The SMILES string of the molecule is CS(=O)(=O)CC(=O)Nc1c2c(nn1-c1ccc(C#N)cn1)C[C@]1(CCc3cc(Br)ccc31)NC2=O.